The molecule has 5 nitrogen and oxygen atoms in total. The van der Waals surface area contributed by atoms with Gasteiger partial charge in [0.05, 0.1) is 0 Å². The normalized spacial score (nSPS) is 20.8. The Morgan fingerprint density at radius 3 is 2.27 bits per heavy atom. The van der Waals surface area contributed by atoms with E-state index in [0.29, 0.717) is 25.9 Å². The quantitative estimate of drug-likeness (QED) is 0.782. The largest absolute Gasteiger partial charge is 0.343 e. The third-order valence-corrected chi connectivity index (χ3v) is 4.56. The SMILES string of the molecule is CCCN(CCC)C(=O)CCC(=O)N1CCC(N)C(C)(C)C1. The molecule has 1 heterocycles. The van der Waals surface area contributed by atoms with Crippen LogP contribution in [0.3, 0.4) is 0 Å². The highest BCUT2D eigenvalue weighted by molar-refractivity contribution is 5.84. The van der Waals surface area contributed by atoms with Crippen molar-refractivity contribution in [1.29, 1.82) is 0 Å². The Bertz CT molecular complexity index is 376. The van der Waals surface area contributed by atoms with Crippen molar-refractivity contribution in [1.82, 2.24) is 9.80 Å². The lowest BCUT2D eigenvalue weighted by molar-refractivity contribution is -0.139. The van der Waals surface area contributed by atoms with Gasteiger partial charge in [-0.05, 0) is 24.7 Å². The Morgan fingerprint density at radius 1 is 1.18 bits per heavy atom. The van der Waals surface area contributed by atoms with Crippen LogP contribution in [0.4, 0.5) is 0 Å². The number of rotatable bonds is 7. The summed E-state index contributed by atoms with van der Waals surface area (Å²) in [5, 5.41) is 0. The first-order valence-corrected chi connectivity index (χ1v) is 8.63. The van der Waals surface area contributed by atoms with Crippen LogP contribution < -0.4 is 5.73 Å². The minimum absolute atomic E-state index is 0.0472. The Hall–Kier alpha value is -1.10. The zero-order valence-corrected chi connectivity index (χ0v) is 14.7. The van der Waals surface area contributed by atoms with Crippen LogP contribution in [-0.4, -0.2) is 53.8 Å². The minimum Gasteiger partial charge on any atom is -0.343 e. The summed E-state index contributed by atoms with van der Waals surface area (Å²) >= 11 is 0. The van der Waals surface area contributed by atoms with E-state index in [4.69, 9.17) is 5.73 Å². The van der Waals surface area contributed by atoms with Gasteiger partial charge in [0.15, 0.2) is 0 Å². The molecule has 1 aliphatic rings. The van der Waals surface area contributed by atoms with Crippen LogP contribution >= 0.6 is 0 Å². The van der Waals surface area contributed by atoms with Crippen molar-refractivity contribution in [3.63, 3.8) is 0 Å². The van der Waals surface area contributed by atoms with Gasteiger partial charge in [0.25, 0.3) is 0 Å². The van der Waals surface area contributed by atoms with E-state index in [1.807, 2.05) is 9.80 Å². The number of hydrogen-bond acceptors (Lipinski definition) is 3. The second kappa shape index (κ2) is 8.51. The van der Waals surface area contributed by atoms with Gasteiger partial charge in [-0.15, -0.1) is 0 Å². The van der Waals surface area contributed by atoms with E-state index in [1.54, 1.807) is 0 Å². The summed E-state index contributed by atoms with van der Waals surface area (Å²) < 4.78 is 0. The van der Waals surface area contributed by atoms with Crippen LogP contribution in [0.15, 0.2) is 0 Å². The zero-order chi connectivity index (χ0) is 16.8. The molecule has 0 aromatic rings. The van der Waals surface area contributed by atoms with Crippen molar-refractivity contribution in [3.05, 3.63) is 0 Å². The summed E-state index contributed by atoms with van der Waals surface area (Å²) in [6.07, 6.45) is 3.39. The molecule has 2 N–H and O–H groups in total. The molecule has 5 heteroatoms. The van der Waals surface area contributed by atoms with E-state index >= 15 is 0 Å². The van der Waals surface area contributed by atoms with E-state index in [9.17, 15) is 9.59 Å². The topological polar surface area (TPSA) is 66.6 Å². The third kappa shape index (κ3) is 5.27. The van der Waals surface area contributed by atoms with Crippen molar-refractivity contribution in [2.24, 2.45) is 11.1 Å². The van der Waals surface area contributed by atoms with Gasteiger partial charge >= 0.3 is 0 Å². The summed E-state index contributed by atoms with van der Waals surface area (Å²) in [7, 11) is 0. The molecule has 0 saturated carbocycles. The molecule has 1 aliphatic heterocycles. The molecule has 1 rings (SSSR count). The molecule has 1 atom stereocenters. The van der Waals surface area contributed by atoms with Gasteiger partial charge in [0.1, 0.15) is 0 Å². The van der Waals surface area contributed by atoms with Crippen LogP contribution in [0, 0.1) is 5.41 Å². The van der Waals surface area contributed by atoms with Crippen LogP contribution in [0.2, 0.25) is 0 Å². The number of carbonyl (C=O) groups is 2. The highest BCUT2D eigenvalue weighted by atomic mass is 16.2. The van der Waals surface area contributed by atoms with Crippen molar-refractivity contribution in [2.45, 2.75) is 65.8 Å². The number of likely N-dealkylation sites (tertiary alicyclic amines) is 1. The summed E-state index contributed by atoms with van der Waals surface area (Å²) in [6.45, 7) is 11.3. The molecular weight excluding hydrogens is 278 g/mol. The third-order valence-electron chi connectivity index (χ3n) is 4.56. The van der Waals surface area contributed by atoms with Gasteiger partial charge in [0.2, 0.25) is 11.8 Å². The van der Waals surface area contributed by atoms with Gasteiger partial charge in [-0.1, -0.05) is 27.7 Å². The molecular formula is C17H33N3O2. The van der Waals surface area contributed by atoms with Gasteiger partial charge < -0.3 is 15.5 Å². The number of hydrogen-bond donors (Lipinski definition) is 1. The lowest BCUT2D eigenvalue weighted by Gasteiger charge is -2.42. The van der Waals surface area contributed by atoms with Crippen LogP contribution in [0.5, 0.6) is 0 Å². The summed E-state index contributed by atoms with van der Waals surface area (Å²) in [5.74, 6) is 0.186. The van der Waals surface area contributed by atoms with E-state index in [0.717, 1.165) is 32.4 Å². The number of nitrogens with two attached hydrogens (primary N) is 1. The highest BCUT2D eigenvalue weighted by Crippen LogP contribution is 2.28. The van der Waals surface area contributed by atoms with E-state index in [-0.39, 0.29) is 23.3 Å². The molecule has 0 spiro atoms. The van der Waals surface area contributed by atoms with Gasteiger partial charge in [-0.25, -0.2) is 0 Å². The van der Waals surface area contributed by atoms with Crippen LogP contribution in [0.25, 0.3) is 0 Å². The molecule has 0 aromatic carbocycles. The first-order valence-electron chi connectivity index (χ1n) is 8.63. The summed E-state index contributed by atoms with van der Waals surface area (Å²) in [6, 6.07) is 0.141. The van der Waals surface area contributed by atoms with Crippen molar-refractivity contribution in [3.8, 4) is 0 Å². The predicted molar refractivity (Wildman–Crippen MR) is 89.3 cm³/mol. The average molecular weight is 311 g/mol. The Labute approximate surface area is 135 Å². The maximum Gasteiger partial charge on any atom is 0.223 e. The van der Waals surface area contributed by atoms with E-state index < -0.39 is 0 Å². The van der Waals surface area contributed by atoms with E-state index in [1.165, 1.54) is 0 Å². The fourth-order valence-electron chi connectivity index (χ4n) is 3.02. The predicted octanol–water partition coefficient (Wildman–Crippen LogP) is 2.00. The van der Waals surface area contributed by atoms with Crippen molar-refractivity contribution < 1.29 is 9.59 Å². The maximum atomic E-state index is 12.3. The van der Waals surface area contributed by atoms with Crippen LogP contribution in [-0.2, 0) is 9.59 Å². The minimum atomic E-state index is -0.0472. The number of amides is 2. The van der Waals surface area contributed by atoms with Gasteiger partial charge in [-0.3, -0.25) is 9.59 Å². The second-order valence-electron chi connectivity index (χ2n) is 7.08. The maximum absolute atomic E-state index is 12.3. The molecule has 1 fully saturated rings. The smallest absolute Gasteiger partial charge is 0.223 e. The molecule has 0 aromatic heterocycles. The van der Waals surface area contributed by atoms with Crippen LogP contribution in [0.1, 0.15) is 59.8 Å². The zero-order valence-electron chi connectivity index (χ0n) is 14.7. The lowest BCUT2D eigenvalue weighted by atomic mass is 9.79. The highest BCUT2D eigenvalue weighted by Gasteiger charge is 2.35. The molecule has 1 unspecified atom stereocenters. The number of nitrogens with zero attached hydrogens (tertiary/aromatic N) is 2. The molecule has 2 amide bonds. The average Bonchev–Trinajstić information content (AvgIpc) is 2.47. The standard InChI is InChI=1S/C17H33N3O2/c1-5-10-19(11-6-2)15(21)7-8-16(22)20-12-9-14(18)17(3,4)13-20/h14H,5-13,18H2,1-4H3. The molecule has 0 radical (unpaired) electrons. The number of carbonyl (C=O) groups excluding carboxylic acids is 2. The Kier molecular flexibility index (Phi) is 7.33. The van der Waals surface area contributed by atoms with E-state index in [2.05, 4.69) is 27.7 Å². The number of piperidine rings is 1. The Balaban J connectivity index is 2.46. The fourth-order valence-corrected chi connectivity index (χ4v) is 3.02. The molecule has 128 valence electrons. The van der Waals surface area contributed by atoms with Crippen molar-refractivity contribution >= 4 is 11.8 Å². The lowest BCUT2D eigenvalue weighted by Crippen LogP contribution is -2.54. The summed E-state index contributed by atoms with van der Waals surface area (Å²) in [5.41, 5.74) is 6.06. The van der Waals surface area contributed by atoms with Gasteiger partial charge in [0, 0.05) is 45.1 Å². The van der Waals surface area contributed by atoms with Crippen molar-refractivity contribution in [2.75, 3.05) is 26.2 Å². The first-order chi connectivity index (χ1) is 10.3. The Morgan fingerprint density at radius 2 is 1.77 bits per heavy atom. The monoisotopic (exact) mass is 311 g/mol. The molecule has 0 bridgehead atoms. The van der Waals surface area contributed by atoms with Gasteiger partial charge in [-0.2, -0.15) is 0 Å². The summed E-state index contributed by atoms with van der Waals surface area (Å²) in [4.78, 5) is 28.3. The molecule has 22 heavy (non-hydrogen) atoms. The fraction of sp³-hybridized carbons (Fsp3) is 0.882. The molecule has 0 aliphatic carbocycles. The molecule has 1 saturated heterocycles. The second-order valence-corrected chi connectivity index (χ2v) is 7.08. The first kappa shape index (κ1) is 18.9.